The second-order valence-electron chi connectivity index (χ2n) is 5.88. The molecular weight excluding hydrogens is 284 g/mol. The lowest BCUT2D eigenvalue weighted by molar-refractivity contribution is 0.630. The summed E-state index contributed by atoms with van der Waals surface area (Å²) in [7, 11) is 0. The molecular formula is C16H19ClN4. The summed E-state index contributed by atoms with van der Waals surface area (Å²) >= 11 is 5.89. The van der Waals surface area contributed by atoms with Crippen molar-refractivity contribution in [2.75, 3.05) is 11.1 Å². The highest BCUT2D eigenvalue weighted by Crippen LogP contribution is 2.26. The zero-order valence-electron chi connectivity index (χ0n) is 12.4. The Hall–Kier alpha value is -2.07. The lowest BCUT2D eigenvalue weighted by Gasteiger charge is -2.24. The van der Waals surface area contributed by atoms with Crippen LogP contribution in [0.3, 0.4) is 0 Å². The number of rotatable bonds is 3. The van der Waals surface area contributed by atoms with Crippen LogP contribution in [0.25, 0.3) is 0 Å². The highest BCUT2D eigenvalue weighted by Gasteiger charge is 2.19. The summed E-state index contributed by atoms with van der Waals surface area (Å²) in [6, 6.07) is 8.83. The summed E-state index contributed by atoms with van der Waals surface area (Å²) in [5.41, 5.74) is 8.09. The second kappa shape index (κ2) is 5.74. The molecule has 0 saturated heterocycles. The molecule has 110 valence electrons. The van der Waals surface area contributed by atoms with E-state index < -0.39 is 0 Å². The molecule has 1 aromatic carbocycles. The molecule has 4 nitrogen and oxygen atoms in total. The number of hydrogen-bond acceptors (Lipinski definition) is 4. The topological polar surface area (TPSA) is 74.8 Å². The van der Waals surface area contributed by atoms with E-state index in [-0.39, 0.29) is 5.54 Å². The predicted molar refractivity (Wildman–Crippen MR) is 89.4 cm³/mol. The Balaban J connectivity index is 2.47. The first-order chi connectivity index (χ1) is 9.78. The molecule has 0 bridgehead atoms. The van der Waals surface area contributed by atoms with Gasteiger partial charge in [0, 0.05) is 28.0 Å². The smallest absolute Gasteiger partial charge is 0.137 e. The van der Waals surface area contributed by atoms with Crippen molar-refractivity contribution in [3.05, 3.63) is 52.7 Å². The minimum atomic E-state index is -0.171. The van der Waals surface area contributed by atoms with Gasteiger partial charge in [0.15, 0.2) is 0 Å². The predicted octanol–water partition coefficient (Wildman–Crippen LogP) is 3.94. The van der Waals surface area contributed by atoms with Gasteiger partial charge in [-0.05, 0) is 39.0 Å². The van der Waals surface area contributed by atoms with Crippen LogP contribution in [0.2, 0.25) is 5.02 Å². The van der Waals surface area contributed by atoms with Gasteiger partial charge >= 0.3 is 0 Å². The van der Waals surface area contributed by atoms with Crippen molar-refractivity contribution in [2.24, 2.45) is 0 Å². The zero-order chi connectivity index (χ0) is 15.6. The molecule has 0 fully saturated rings. The first kappa shape index (κ1) is 15.3. The Morgan fingerprint density at radius 3 is 2.38 bits per heavy atom. The molecule has 0 spiro atoms. The Morgan fingerprint density at radius 1 is 1.19 bits per heavy atom. The summed E-state index contributed by atoms with van der Waals surface area (Å²) in [5.74, 6) is 0.613. The van der Waals surface area contributed by atoms with Crippen molar-refractivity contribution in [1.29, 1.82) is 5.41 Å². The number of nitrogens with one attached hydrogen (secondary N) is 2. The van der Waals surface area contributed by atoms with E-state index in [2.05, 4.69) is 10.3 Å². The van der Waals surface area contributed by atoms with Gasteiger partial charge in [-0.3, -0.25) is 5.41 Å². The normalized spacial score (nSPS) is 11.2. The zero-order valence-corrected chi connectivity index (χ0v) is 13.1. The molecule has 4 N–H and O–H groups in total. The Morgan fingerprint density at radius 2 is 1.81 bits per heavy atom. The van der Waals surface area contributed by atoms with Gasteiger partial charge < -0.3 is 11.1 Å². The molecule has 0 unspecified atom stereocenters. The highest BCUT2D eigenvalue weighted by molar-refractivity contribution is 6.30. The fourth-order valence-corrected chi connectivity index (χ4v) is 2.08. The van der Waals surface area contributed by atoms with Crippen molar-refractivity contribution in [2.45, 2.75) is 26.3 Å². The average Bonchev–Trinajstić information content (AvgIpc) is 2.37. The molecule has 2 aromatic rings. The van der Waals surface area contributed by atoms with Gasteiger partial charge in [0.25, 0.3) is 0 Å². The van der Waals surface area contributed by atoms with Gasteiger partial charge in [0.1, 0.15) is 5.82 Å². The van der Waals surface area contributed by atoms with Crippen molar-refractivity contribution in [1.82, 2.24) is 4.98 Å². The van der Waals surface area contributed by atoms with Crippen molar-refractivity contribution in [3.8, 4) is 0 Å². The largest absolute Gasteiger partial charge is 0.398 e. The fourth-order valence-electron chi connectivity index (χ4n) is 1.95. The van der Waals surface area contributed by atoms with Crippen LogP contribution >= 0.6 is 11.6 Å². The lowest BCUT2D eigenvalue weighted by Crippen LogP contribution is -2.28. The lowest BCUT2D eigenvalue weighted by atomic mass is 10.0. The highest BCUT2D eigenvalue weighted by atomic mass is 35.5. The van der Waals surface area contributed by atoms with E-state index in [1.165, 1.54) is 0 Å². The third-order valence-corrected chi connectivity index (χ3v) is 3.11. The molecule has 0 aliphatic rings. The fraction of sp³-hybridized carbons (Fsp3) is 0.250. The average molecular weight is 303 g/mol. The number of nitrogens with zero attached hydrogens (tertiary/aromatic N) is 1. The van der Waals surface area contributed by atoms with E-state index >= 15 is 0 Å². The molecule has 2 rings (SSSR count). The monoisotopic (exact) mass is 302 g/mol. The van der Waals surface area contributed by atoms with Crippen LogP contribution in [0.4, 0.5) is 11.5 Å². The molecule has 1 heterocycles. The van der Waals surface area contributed by atoms with E-state index in [9.17, 15) is 0 Å². The first-order valence-corrected chi connectivity index (χ1v) is 7.03. The summed E-state index contributed by atoms with van der Waals surface area (Å²) < 4.78 is 0. The summed E-state index contributed by atoms with van der Waals surface area (Å²) in [6.45, 7) is 6.11. The van der Waals surface area contributed by atoms with Crippen LogP contribution in [0.5, 0.6) is 0 Å². The SMILES string of the molecule is CC(C)(C)Nc1nccc(N)c1C(=N)c1ccc(Cl)cc1. The van der Waals surface area contributed by atoms with Crippen molar-refractivity contribution < 1.29 is 0 Å². The summed E-state index contributed by atoms with van der Waals surface area (Å²) in [6.07, 6.45) is 1.64. The van der Waals surface area contributed by atoms with Crippen LogP contribution in [0.1, 0.15) is 31.9 Å². The quantitative estimate of drug-likeness (QED) is 0.752. The number of anilines is 2. The molecule has 0 radical (unpaired) electrons. The molecule has 0 atom stereocenters. The van der Waals surface area contributed by atoms with Crippen molar-refractivity contribution >= 4 is 28.8 Å². The number of hydrogen-bond donors (Lipinski definition) is 3. The second-order valence-corrected chi connectivity index (χ2v) is 6.32. The van der Waals surface area contributed by atoms with Gasteiger partial charge in [-0.15, -0.1) is 0 Å². The molecule has 21 heavy (non-hydrogen) atoms. The first-order valence-electron chi connectivity index (χ1n) is 6.65. The van der Waals surface area contributed by atoms with Gasteiger partial charge in [0.05, 0.1) is 11.3 Å². The van der Waals surface area contributed by atoms with E-state index in [1.54, 1.807) is 36.5 Å². The number of halogens is 1. The standard InChI is InChI=1S/C16H19ClN4/c1-16(2,3)21-15-13(12(18)8-9-20-15)14(19)10-4-6-11(17)7-5-10/h4-9,19H,1-3H3,(H3,18,20,21). The molecule has 5 heteroatoms. The molecule has 0 saturated carbocycles. The van der Waals surface area contributed by atoms with Gasteiger partial charge in [0.2, 0.25) is 0 Å². The third kappa shape index (κ3) is 3.73. The summed E-state index contributed by atoms with van der Waals surface area (Å²) in [5, 5.41) is 12.4. The Bertz CT molecular complexity index is 657. The molecule has 1 aromatic heterocycles. The molecule has 0 aliphatic carbocycles. The Labute approximate surface area is 129 Å². The number of benzene rings is 1. The molecule has 0 amide bonds. The Kier molecular flexibility index (Phi) is 4.19. The molecule has 0 aliphatic heterocycles. The maximum Gasteiger partial charge on any atom is 0.137 e. The third-order valence-electron chi connectivity index (χ3n) is 2.86. The van der Waals surface area contributed by atoms with E-state index in [0.717, 1.165) is 5.56 Å². The van der Waals surface area contributed by atoms with Crippen molar-refractivity contribution in [3.63, 3.8) is 0 Å². The minimum Gasteiger partial charge on any atom is -0.398 e. The van der Waals surface area contributed by atoms with Crippen LogP contribution in [0, 0.1) is 5.41 Å². The van der Waals surface area contributed by atoms with Gasteiger partial charge in [-0.2, -0.15) is 0 Å². The van der Waals surface area contributed by atoms with Crippen LogP contribution in [0.15, 0.2) is 36.5 Å². The number of pyridine rings is 1. The minimum absolute atomic E-state index is 0.171. The summed E-state index contributed by atoms with van der Waals surface area (Å²) in [4.78, 5) is 4.33. The van der Waals surface area contributed by atoms with Crippen LogP contribution in [-0.4, -0.2) is 16.2 Å². The number of nitrogens with two attached hydrogens (primary N) is 1. The van der Waals surface area contributed by atoms with E-state index in [1.807, 2.05) is 20.8 Å². The van der Waals surface area contributed by atoms with Crippen LogP contribution < -0.4 is 11.1 Å². The number of aromatic nitrogens is 1. The number of nitrogen functional groups attached to an aromatic ring is 1. The maximum atomic E-state index is 8.43. The van der Waals surface area contributed by atoms with Gasteiger partial charge in [-0.1, -0.05) is 23.7 Å². The van der Waals surface area contributed by atoms with E-state index in [0.29, 0.717) is 27.8 Å². The van der Waals surface area contributed by atoms with Gasteiger partial charge in [-0.25, -0.2) is 4.98 Å². The van der Waals surface area contributed by atoms with E-state index in [4.69, 9.17) is 22.7 Å². The maximum absolute atomic E-state index is 8.43. The van der Waals surface area contributed by atoms with Crippen LogP contribution in [-0.2, 0) is 0 Å².